The summed E-state index contributed by atoms with van der Waals surface area (Å²) in [5.41, 5.74) is 0.573. The summed E-state index contributed by atoms with van der Waals surface area (Å²) in [6, 6.07) is 5.62. The summed E-state index contributed by atoms with van der Waals surface area (Å²) in [7, 11) is 0. The number of rotatable bonds is 7. The van der Waals surface area contributed by atoms with Gasteiger partial charge in [0.1, 0.15) is 5.82 Å². The van der Waals surface area contributed by atoms with Gasteiger partial charge in [0.25, 0.3) is 0 Å². The molecule has 1 rings (SSSR count). The molecule has 102 valence electrons. The lowest BCUT2D eigenvalue weighted by Gasteiger charge is -2.15. The lowest BCUT2D eigenvalue weighted by Crippen LogP contribution is -2.17. The third-order valence-electron chi connectivity index (χ3n) is 2.98. The second-order valence-corrected chi connectivity index (χ2v) is 4.76. The van der Waals surface area contributed by atoms with Gasteiger partial charge in [-0.05, 0) is 31.9 Å². The highest BCUT2D eigenvalue weighted by atomic mass is 16.4. The van der Waals surface area contributed by atoms with Crippen molar-refractivity contribution in [2.24, 2.45) is 5.92 Å². The summed E-state index contributed by atoms with van der Waals surface area (Å²) >= 11 is 0. The normalized spacial score (nSPS) is 13.3. The second kappa shape index (κ2) is 7.37. The van der Waals surface area contributed by atoms with Crippen LogP contribution in [0.15, 0.2) is 18.3 Å². The van der Waals surface area contributed by atoms with E-state index in [1.54, 1.807) is 25.3 Å². The van der Waals surface area contributed by atoms with Crippen LogP contribution in [-0.4, -0.2) is 22.1 Å². The molecule has 0 bridgehead atoms. The van der Waals surface area contributed by atoms with Crippen LogP contribution in [0, 0.1) is 17.2 Å². The van der Waals surface area contributed by atoms with E-state index in [-0.39, 0.29) is 12.0 Å². The number of pyridine rings is 1. The zero-order valence-electron chi connectivity index (χ0n) is 11.3. The van der Waals surface area contributed by atoms with E-state index in [2.05, 4.69) is 16.4 Å². The molecule has 2 atom stereocenters. The minimum absolute atomic E-state index is 0.197. The fourth-order valence-corrected chi connectivity index (χ4v) is 1.76. The SMILES string of the molecule is CC(CCCC(C)C(=O)O)Nc1cc(C#N)ccn1. The Kier molecular flexibility index (Phi) is 5.80. The van der Waals surface area contributed by atoms with E-state index >= 15 is 0 Å². The molecule has 1 aromatic rings. The highest BCUT2D eigenvalue weighted by Gasteiger charge is 2.11. The van der Waals surface area contributed by atoms with E-state index in [9.17, 15) is 4.79 Å². The second-order valence-electron chi connectivity index (χ2n) is 4.76. The van der Waals surface area contributed by atoms with Crippen LogP contribution in [0.1, 0.15) is 38.7 Å². The van der Waals surface area contributed by atoms with Gasteiger partial charge in [-0.15, -0.1) is 0 Å². The van der Waals surface area contributed by atoms with Crippen molar-refractivity contribution in [3.8, 4) is 6.07 Å². The van der Waals surface area contributed by atoms with Crippen LogP contribution < -0.4 is 5.32 Å². The van der Waals surface area contributed by atoms with Gasteiger partial charge in [-0.2, -0.15) is 5.26 Å². The van der Waals surface area contributed by atoms with Crippen LogP contribution in [-0.2, 0) is 4.79 Å². The number of aromatic nitrogens is 1. The van der Waals surface area contributed by atoms with E-state index in [1.165, 1.54) is 0 Å². The van der Waals surface area contributed by atoms with Crippen LogP contribution in [0.3, 0.4) is 0 Å². The lowest BCUT2D eigenvalue weighted by atomic mass is 10.0. The van der Waals surface area contributed by atoms with Crippen molar-refractivity contribution in [2.75, 3.05) is 5.32 Å². The van der Waals surface area contributed by atoms with Gasteiger partial charge in [0.2, 0.25) is 0 Å². The molecule has 0 amide bonds. The zero-order chi connectivity index (χ0) is 14.3. The summed E-state index contributed by atoms with van der Waals surface area (Å²) in [5.74, 6) is -0.367. The number of nitrogens with one attached hydrogen (secondary N) is 1. The average Bonchev–Trinajstić information content (AvgIpc) is 2.38. The molecule has 2 N–H and O–H groups in total. The molecule has 0 aliphatic carbocycles. The molecule has 0 aliphatic heterocycles. The third kappa shape index (κ3) is 5.38. The smallest absolute Gasteiger partial charge is 0.306 e. The lowest BCUT2D eigenvalue weighted by molar-refractivity contribution is -0.141. The summed E-state index contributed by atoms with van der Waals surface area (Å²) in [6.07, 6.45) is 3.99. The molecule has 0 aromatic carbocycles. The fourth-order valence-electron chi connectivity index (χ4n) is 1.76. The molecule has 0 saturated carbocycles. The Morgan fingerprint density at radius 3 is 2.89 bits per heavy atom. The Labute approximate surface area is 113 Å². The molecule has 5 heteroatoms. The first-order valence-electron chi connectivity index (χ1n) is 6.38. The Balaban J connectivity index is 2.37. The largest absolute Gasteiger partial charge is 0.481 e. The molecule has 0 aliphatic rings. The van der Waals surface area contributed by atoms with E-state index in [0.717, 1.165) is 12.8 Å². The standard InChI is InChI=1S/C14H19N3O2/c1-10(14(18)19)4-3-5-11(2)17-13-8-12(9-15)6-7-16-13/h6-8,10-11H,3-5H2,1-2H3,(H,16,17)(H,18,19). The molecule has 5 nitrogen and oxygen atoms in total. The van der Waals surface area contributed by atoms with E-state index < -0.39 is 5.97 Å². The van der Waals surface area contributed by atoms with Crippen LogP contribution in [0.25, 0.3) is 0 Å². The van der Waals surface area contributed by atoms with Gasteiger partial charge in [-0.1, -0.05) is 13.3 Å². The zero-order valence-corrected chi connectivity index (χ0v) is 11.3. The number of aliphatic carboxylic acids is 1. The Morgan fingerprint density at radius 1 is 1.53 bits per heavy atom. The highest BCUT2D eigenvalue weighted by Crippen LogP contribution is 2.13. The molecular formula is C14H19N3O2. The topological polar surface area (TPSA) is 86.0 Å². The molecule has 0 fully saturated rings. The summed E-state index contributed by atoms with van der Waals surface area (Å²) in [5, 5.41) is 20.8. The number of carboxylic acids is 1. The number of anilines is 1. The van der Waals surface area contributed by atoms with Gasteiger partial charge in [0.15, 0.2) is 0 Å². The first-order chi connectivity index (χ1) is 9.02. The van der Waals surface area contributed by atoms with Crippen molar-refractivity contribution in [3.63, 3.8) is 0 Å². The van der Waals surface area contributed by atoms with E-state index in [0.29, 0.717) is 17.8 Å². The Bertz CT molecular complexity index is 468. The molecular weight excluding hydrogens is 242 g/mol. The van der Waals surface area contributed by atoms with Gasteiger partial charge < -0.3 is 10.4 Å². The Hall–Kier alpha value is -2.09. The van der Waals surface area contributed by atoms with E-state index in [4.69, 9.17) is 10.4 Å². The first-order valence-corrected chi connectivity index (χ1v) is 6.38. The number of nitrogens with zero attached hydrogens (tertiary/aromatic N) is 2. The molecule has 0 radical (unpaired) electrons. The van der Waals surface area contributed by atoms with Crippen molar-refractivity contribution < 1.29 is 9.90 Å². The summed E-state index contributed by atoms with van der Waals surface area (Å²) in [6.45, 7) is 3.74. The van der Waals surface area contributed by atoms with Crippen molar-refractivity contribution in [3.05, 3.63) is 23.9 Å². The number of carbonyl (C=O) groups is 1. The molecule has 0 spiro atoms. The van der Waals surface area contributed by atoms with Gasteiger partial charge in [0.05, 0.1) is 17.6 Å². The molecule has 2 unspecified atom stereocenters. The number of nitriles is 1. The maximum Gasteiger partial charge on any atom is 0.306 e. The van der Waals surface area contributed by atoms with Gasteiger partial charge in [-0.25, -0.2) is 4.98 Å². The quantitative estimate of drug-likeness (QED) is 0.788. The maximum atomic E-state index is 10.7. The number of carboxylic acid groups (broad SMARTS) is 1. The fraction of sp³-hybridized carbons (Fsp3) is 0.500. The predicted molar refractivity (Wildman–Crippen MR) is 72.7 cm³/mol. The number of hydrogen-bond donors (Lipinski definition) is 2. The third-order valence-corrected chi connectivity index (χ3v) is 2.98. The minimum atomic E-state index is -0.746. The van der Waals surface area contributed by atoms with Crippen molar-refractivity contribution in [2.45, 2.75) is 39.2 Å². The van der Waals surface area contributed by atoms with Crippen LogP contribution in [0.5, 0.6) is 0 Å². The monoisotopic (exact) mass is 261 g/mol. The summed E-state index contributed by atoms with van der Waals surface area (Å²) in [4.78, 5) is 14.8. The van der Waals surface area contributed by atoms with Gasteiger partial charge in [-0.3, -0.25) is 4.79 Å². The van der Waals surface area contributed by atoms with Crippen LogP contribution >= 0.6 is 0 Å². The molecule has 19 heavy (non-hydrogen) atoms. The minimum Gasteiger partial charge on any atom is -0.481 e. The molecule has 1 aromatic heterocycles. The van der Waals surface area contributed by atoms with Gasteiger partial charge >= 0.3 is 5.97 Å². The molecule has 0 saturated heterocycles. The van der Waals surface area contributed by atoms with Crippen molar-refractivity contribution in [1.82, 2.24) is 4.98 Å². The average molecular weight is 261 g/mol. The highest BCUT2D eigenvalue weighted by molar-refractivity contribution is 5.69. The van der Waals surface area contributed by atoms with E-state index in [1.807, 2.05) is 6.92 Å². The molecule has 1 heterocycles. The first kappa shape index (κ1) is 15.0. The van der Waals surface area contributed by atoms with Crippen molar-refractivity contribution >= 4 is 11.8 Å². The predicted octanol–water partition coefficient (Wildman–Crippen LogP) is 2.64. The van der Waals surface area contributed by atoms with Crippen LogP contribution in [0.2, 0.25) is 0 Å². The van der Waals surface area contributed by atoms with Crippen LogP contribution in [0.4, 0.5) is 5.82 Å². The summed E-state index contributed by atoms with van der Waals surface area (Å²) < 4.78 is 0. The van der Waals surface area contributed by atoms with Crippen molar-refractivity contribution in [1.29, 1.82) is 5.26 Å². The maximum absolute atomic E-state index is 10.7. The van der Waals surface area contributed by atoms with Gasteiger partial charge in [0, 0.05) is 12.2 Å². The Morgan fingerprint density at radius 2 is 2.26 bits per heavy atom. The number of hydrogen-bond acceptors (Lipinski definition) is 4.